The van der Waals surface area contributed by atoms with Crippen LogP contribution in [0.1, 0.15) is 25.3 Å². The van der Waals surface area contributed by atoms with Gasteiger partial charge in [0, 0.05) is 11.8 Å². The lowest BCUT2D eigenvalue weighted by atomic mass is 9.82. The molecule has 2 rings (SSSR count). The van der Waals surface area contributed by atoms with Gasteiger partial charge in [-0.15, -0.1) is 0 Å². The van der Waals surface area contributed by atoms with E-state index in [1.807, 2.05) is 37.3 Å². The average molecular weight is 266 g/mol. The SMILES string of the molecule is CC(c1ccccc1)C1O[C@H](CO)[C@@H](C)[C@H](O)[C@H]1O. The molecule has 0 aromatic heterocycles. The third-order valence-corrected chi connectivity index (χ3v) is 4.14. The van der Waals surface area contributed by atoms with E-state index < -0.39 is 24.4 Å². The first kappa shape index (κ1) is 14.5. The summed E-state index contributed by atoms with van der Waals surface area (Å²) in [6, 6.07) is 9.74. The van der Waals surface area contributed by atoms with Crippen molar-refractivity contribution < 1.29 is 20.1 Å². The maximum absolute atomic E-state index is 10.2. The van der Waals surface area contributed by atoms with Crippen LogP contribution < -0.4 is 0 Å². The minimum absolute atomic E-state index is 0.0487. The molecule has 1 aromatic rings. The first-order valence-corrected chi connectivity index (χ1v) is 6.73. The largest absolute Gasteiger partial charge is 0.394 e. The van der Waals surface area contributed by atoms with Crippen LogP contribution in [-0.4, -0.2) is 46.3 Å². The zero-order valence-electron chi connectivity index (χ0n) is 11.3. The lowest BCUT2D eigenvalue weighted by molar-refractivity contribution is -0.209. The van der Waals surface area contributed by atoms with E-state index in [4.69, 9.17) is 4.74 Å². The van der Waals surface area contributed by atoms with E-state index in [1.165, 1.54) is 0 Å². The summed E-state index contributed by atoms with van der Waals surface area (Å²) in [5, 5.41) is 29.6. The minimum atomic E-state index is -0.937. The van der Waals surface area contributed by atoms with Crippen LogP contribution in [0.25, 0.3) is 0 Å². The molecule has 106 valence electrons. The van der Waals surface area contributed by atoms with E-state index in [9.17, 15) is 15.3 Å². The van der Waals surface area contributed by atoms with Crippen LogP contribution in [0.2, 0.25) is 0 Å². The number of aliphatic hydroxyl groups excluding tert-OH is 3. The Morgan fingerprint density at radius 1 is 1.16 bits per heavy atom. The molecule has 6 atom stereocenters. The molecule has 0 bridgehead atoms. The van der Waals surface area contributed by atoms with E-state index in [-0.39, 0.29) is 18.4 Å². The number of aliphatic hydroxyl groups is 3. The molecule has 0 saturated carbocycles. The van der Waals surface area contributed by atoms with Crippen LogP contribution in [0.15, 0.2) is 30.3 Å². The molecule has 0 aliphatic carbocycles. The van der Waals surface area contributed by atoms with Crippen molar-refractivity contribution in [2.75, 3.05) is 6.61 Å². The van der Waals surface area contributed by atoms with E-state index >= 15 is 0 Å². The van der Waals surface area contributed by atoms with Crippen molar-refractivity contribution in [3.63, 3.8) is 0 Å². The average Bonchev–Trinajstić information content (AvgIpc) is 2.45. The molecule has 1 aromatic carbocycles. The Bertz CT molecular complexity index is 392. The van der Waals surface area contributed by atoms with Crippen LogP contribution in [0.4, 0.5) is 0 Å². The van der Waals surface area contributed by atoms with Gasteiger partial charge in [0.1, 0.15) is 6.10 Å². The summed E-state index contributed by atoms with van der Waals surface area (Å²) in [5.74, 6) is -0.327. The van der Waals surface area contributed by atoms with Crippen molar-refractivity contribution in [3.05, 3.63) is 35.9 Å². The van der Waals surface area contributed by atoms with Gasteiger partial charge >= 0.3 is 0 Å². The highest BCUT2D eigenvalue weighted by atomic mass is 16.5. The molecule has 0 radical (unpaired) electrons. The molecule has 1 fully saturated rings. The lowest BCUT2D eigenvalue weighted by Crippen LogP contribution is -2.55. The van der Waals surface area contributed by atoms with Crippen LogP contribution in [0.5, 0.6) is 0 Å². The number of rotatable bonds is 3. The lowest BCUT2D eigenvalue weighted by Gasteiger charge is -2.43. The fourth-order valence-electron chi connectivity index (χ4n) is 2.70. The van der Waals surface area contributed by atoms with Gasteiger partial charge in [-0.2, -0.15) is 0 Å². The molecular weight excluding hydrogens is 244 g/mol. The van der Waals surface area contributed by atoms with Crippen LogP contribution in [0.3, 0.4) is 0 Å². The second kappa shape index (κ2) is 6.01. The van der Waals surface area contributed by atoms with Gasteiger partial charge in [-0.05, 0) is 5.56 Å². The predicted octanol–water partition coefficient (Wildman–Crippen LogP) is 0.908. The third kappa shape index (κ3) is 2.82. The van der Waals surface area contributed by atoms with E-state index in [2.05, 4.69) is 0 Å². The molecule has 4 nitrogen and oxygen atoms in total. The molecule has 0 amide bonds. The summed E-state index contributed by atoms with van der Waals surface area (Å²) in [4.78, 5) is 0. The summed E-state index contributed by atoms with van der Waals surface area (Å²) < 4.78 is 5.79. The van der Waals surface area contributed by atoms with Crippen molar-refractivity contribution in [2.24, 2.45) is 5.92 Å². The first-order valence-electron chi connectivity index (χ1n) is 6.73. The topological polar surface area (TPSA) is 69.9 Å². The van der Waals surface area contributed by atoms with Gasteiger partial charge < -0.3 is 20.1 Å². The molecule has 19 heavy (non-hydrogen) atoms. The maximum Gasteiger partial charge on any atom is 0.107 e. The quantitative estimate of drug-likeness (QED) is 0.760. The third-order valence-electron chi connectivity index (χ3n) is 4.14. The second-order valence-electron chi connectivity index (χ2n) is 5.36. The van der Waals surface area contributed by atoms with Crippen molar-refractivity contribution in [2.45, 2.75) is 44.2 Å². The van der Waals surface area contributed by atoms with E-state index in [1.54, 1.807) is 6.92 Å². The predicted molar refractivity (Wildman–Crippen MR) is 71.8 cm³/mol. The molecule has 1 heterocycles. The highest BCUT2D eigenvalue weighted by molar-refractivity contribution is 5.21. The summed E-state index contributed by atoms with van der Waals surface area (Å²) in [5.41, 5.74) is 1.05. The Hall–Kier alpha value is -0.940. The van der Waals surface area contributed by atoms with Crippen LogP contribution in [0, 0.1) is 5.92 Å². The standard InChI is InChI=1S/C15H22O4/c1-9(11-6-4-3-5-7-11)15-14(18)13(17)10(2)12(8-16)19-15/h3-7,9-10,12-18H,8H2,1-2H3/t9?,10-,12-,13+,14-,15?/m1/s1. The molecule has 0 spiro atoms. The zero-order chi connectivity index (χ0) is 14.0. The monoisotopic (exact) mass is 266 g/mol. The summed E-state index contributed by atoms with van der Waals surface area (Å²) in [6.07, 6.45) is -2.75. The molecule has 2 unspecified atom stereocenters. The molecule has 1 saturated heterocycles. The summed E-state index contributed by atoms with van der Waals surface area (Å²) >= 11 is 0. The highest BCUT2D eigenvalue weighted by Crippen LogP contribution is 2.33. The Labute approximate surface area is 113 Å². The van der Waals surface area contributed by atoms with Crippen LogP contribution >= 0.6 is 0 Å². The first-order chi connectivity index (χ1) is 9.06. The summed E-state index contributed by atoms with van der Waals surface area (Å²) in [6.45, 7) is 3.58. The fourth-order valence-corrected chi connectivity index (χ4v) is 2.70. The maximum atomic E-state index is 10.2. The molecule has 1 aliphatic rings. The summed E-state index contributed by atoms with van der Waals surface area (Å²) in [7, 11) is 0. The second-order valence-corrected chi connectivity index (χ2v) is 5.36. The number of ether oxygens (including phenoxy) is 1. The van der Waals surface area contributed by atoms with Crippen molar-refractivity contribution in [1.82, 2.24) is 0 Å². The molecule has 3 N–H and O–H groups in total. The van der Waals surface area contributed by atoms with Gasteiger partial charge in [-0.1, -0.05) is 44.2 Å². The van der Waals surface area contributed by atoms with Crippen molar-refractivity contribution in [3.8, 4) is 0 Å². The normalized spacial score (nSPS) is 37.0. The zero-order valence-corrected chi connectivity index (χ0v) is 11.3. The molecule has 4 heteroatoms. The van der Waals surface area contributed by atoms with Crippen LogP contribution in [-0.2, 0) is 4.74 Å². The van der Waals surface area contributed by atoms with E-state index in [0.29, 0.717) is 0 Å². The van der Waals surface area contributed by atoms with Gasteiger partial charge in [-0.3, -0.25) is 0 Å². The van der Waals surface area contributed by atoms with Gasteiger partial charge in [0.25, 0.3) is 0 Å². The molecule has 1 aliphatic heterocycles. The Morgan fingerprint density at radius 3 is 2.37 bits per heavy atom. The Kier molecular flexibility index (Phi) is 4.58. The Balaban J connectivity index is 2.19. The van der Waals surface area contributed by atoms with Gasteiger partial charge in [0.15, 0.2) is 0 Å². The molecular formula is C15H22O4. The number of hydrogen-bond donors (Lipinski definition) is 3. The van der Waals surface area contributed by atoms with Crippen molar-refractivity contribution >= 4 is 0 Å². The Morgan fingerprint density at radius 2 is 1.79 bits per heavy atom. The highest BCUT2D eigenvalue weighted by Gasteiger charge is 2.44. The number of benzene rings is 1. The fraction of sp³-hybridized carbons (Fsp3) is 0.600. The van der Waals surface area contributed by atoms with Gasteiger partial charge in [0.2, 0.25) is 0 Å². The van der Waals surface area contributed by atoms with Crippen molar-refractivity contribution in [1.29, 1.82) is 0 Å². The smallest absolute Gasteiger partial charge is 0.107 e. The van der Waals surface area contributed by atoms with E-state index in [0.717, 1.165) is 5.56 Å². The van der Waals surface area contributed by atoms with Gasteiger partial charge in [0.05, 0.1) is 24.9 Å². The van der Waals surface area contributed by atoms with Gasteiger partial charge in [-0.25, -0.2) is 0 Å². The minimum Gasteiger partial charge on any atom is -0.394 e. The number of hydrogen-bond acceptors (Lipinski definition) is 4.